The van der Waals surface area contributed by atoms with Crippen LogP contribution in [0, 0.1) is 0 Å². The number of aromatic nitrogens is 2. The molecule has 0 amide bonds. The number of hydrogen-bond donors (Lipinski definition) is 2. The van der Waals surface area contributed by atoms with Crippen molar-refractivity contribution < 1.29 is 4.74 Å². The minimum Gasteiger partial charge on any atom is -0.463 e. The van der Waals surface area contributed by atoms with Crippen LogP contribution in [0.2, 0.25) is 0 Å². The number of allylic oxidation sites excluding steroid dienone is 1. The first kappa shape index (κ1) is 16.6. The number of nitrogens with zero attached hydrogens (tertiary/aromatic N) is 3. The Labute approximate surface area is 135 Å². The molecule has 0 radical (unpaired) electrons. The molecule has 0 fully saturated rings. The number of nitrogens with two attached hydrogens (primary N) is 1. The van der Waals surface area contributed by atoms with Gasteiger partial charge in [-0.25, -0.2) is 4.98 Å². The van der Waals surface area contributed by atoms with Crippen LogP contribution in [0.3, 0.4) is 0 Å². The van der Waals surface area contributed by atoms with Crippen molar-refractivity contribution in [3.63, 3.8) is 0 Å². The van der Waals surface area contributed by atoms with Gasteiger partial charge < -0.3 is 20.7 Å². The van der Waals surface area contributed by atoms with E-state index in [1.54, 1.807) is 24.0 Å². The summed E-state index contributed by atoms with van der Waals surface area (Å²) in [5.41, 5.74) is 8.65. The van der Waals surface area contributed by atoms with Crippen LogP contribution in [0.4, 0.5) is 0 Å². The maximum Gasteiger partial charge on any atom is 0.316 e. The minimum absolute atomic E-state index is 0.367. The summed E-state index contributed by atoms with van der Waals surface area (Å²) in [7, 11) is 4.07. The van der Waals surface area contributed by atoms with E-state index >= 15 is 0 Å². The summed E-state index contributed by atoms with van der Waals surface area (Å²) >= 11 is 1.58. The molecule has 0 bridgehead atoms. The molecule has 2 heterocycles. The Morgan fingerprint density at radius 2 is 2.27 bits per heavy atom. The normalized spacial score (nSPS) is 16.5. The van der Waals surface area contributed by atoms with E-state index in [0.29, 0.717) is 24.0 Å². The third-order valence-electron chi connectivity index (χ3n) is 3.11. The Balaban J connectivity index is 1.98. The second kappa shape index (κ2) is 8.05. The molecule has 22 heavy (non-hydrogen) atoms. The average Bonchev–Trinajstić information content (AvgIpc) is 3.00. The highest BCUT2D eigenvalue weighted by molar-refractivity contribution is 8.06. The van der Waals surface area contributed by atoms with Crippen molar-refractivity contribution in [3.8, 4) is 6.01 Å². The molecule has 7 heteroatoms. The molecule has 0 spiro atoms. The molecule has 120 valence electrons. The zero-order valence-electron chi connectivity index (χ0n) is 13.3. The summed E-state index contributed by atoms with van der Waals surface area (Å²) < 4.78 is 5.58. The van der Waals surface area contributed by atoms with Gasteiger partial charge in [0.25, 0.3) is 0 Å². The van der Waals surface area contributed by atoms with Gasteiger partial charge in [0, 0.05) is 18.4 Å². The quantitative estimate of drug-likeness (QED) is 0.744. The van der Waals surface area contributed by atoms with Crippen LogP contribution in [0.15, 0.2) is 28.4 Å². The minimum atomic E-state index is 0.367. The van der Waals surface area contributed by atoms with Crippen LogP contribution < -0.4 is 15.8 Å². The molecule has 0 aliphatic carbocycles. The Kier molecular flexibility index (Phi) is 6.09. The number of thioether (sulfide) groups is 1. The summed E-state index contributed by atoms with van der Waals surface area (Å²) in [4.78, 5) is 10.6. The molecule has 0 aromatic carbocycles. The maximum absolute atomic E-state index is 6.19. The van der Waals surface area contributed by atoms with Gasteiger partial charge in [-0.1, -0.05) is 18.7 Å². The number of nitrogens with one attached hydrogen (secondary N) is 1. The van der Waals surface area contributed by atoms with Crippen molar-refractivity contribution in [3.05, 3.63) is 34.1 Å². The van der Waals surface area contributed by atoms with Crippen LogP contribution in [0.5, 0.6) is 6.01 Å². The van der Waals surface area contributed by atoms with Crippen LogP contribution >= 0.6 is 11.8 Å². The zero-order chi connectivity index (χ0) is 15.9. The fourth-order valence-electron chi connectivity index (χ4n) is 1.86. The smallest absolute Gasteiger partial charge is 0.316 e. The van der Waals surface area contributed by atoms with E-state index in [2.05, 4.69) is 32.5 Å². The lowest BCUT2D eigenvalue weighted by Gasteiger charge is -2.10. The average molecular weight is 321 g/mol. The maximum atomic E-state index is 6.19. The molecule has 1 aliphatic heterocycles. The molecular weight excluding hydrogens is 298 g/mol. The molecule has 1 aliphatic rings. The van der Waals surface area contributed by atoms with Crippen molar-refractivity contribution in [1.82, 2.24) is 20.2 Å². The van der Waals surface area contributed by atoms with E-state index in [0.717, 1.165) is 30.1 Å². The fourth-order valence-corrected chi connectivity index (χ4v) is 2.77. The largest absolute Gasteiger partial charge is 0.463 e. The molecule has 0 atom stereocenters. The first-order chi connectivity index (χ1) is 10.6. The van der Waals surface area contributed by atoms with Crippen LogP contribution in [-0.4, -0.2) is 42.1 Å². The van der Waals surface area contributed by atoms with Crippen LogP contribution in [0.1, 0.15) is 25.5 Å². The van der Waals surface area contributed by atoms with Crippen LogP contribution in [0.25, 0.3) is 5.70 Å². The second-order valence-electron chi connectivity index (χ2n) is 5.21. The van der Waals surface area contributed by atoms with Gasteiger partial charge in [-0.3, -0.25) is 0 Å². The summed E-state index contributed by atoms with van der Waals surface area (Å²) in [5.74, 6) is 0. The molecule has 1 aromatic rings. The van der Waals surface area contributed by atoms with Gasteiger partial charge in [0.15, 0.2) is 0 Å². The van der Waals surface area contributed by atoms with Gasteiger partial charge in [0.05, 0.1) is 18.0 Å². The van der Waals surface area contributed by atoms with Crippen molar-refractivity contribution in [1.29, 1.82) is 0 Å². The summed E-state index contributed by atoms with van der Waals surface area (Å²) in [6.45, 7) is 3.66. The van der Waals surface area contributed by atoms with Gasteiger partial charge in [-0.05, 0) is 38.4 Å². The molecule has 3 N–H and O–H groups in total. The summed E-state index contributed by atoms with van der Waals surface area (Å²) in [6.07, 6.45) is 3.55. The van der Waals surface area contributed by atoms with E-state index < -0.39 is 0 Å². The Morgan fingerprint density at radius 1 is 1.45 bits per heavy atom. The number of ether oxygens (including phenoxy) is 1. The molecule has 2 rings (SSSR count). The van der Waals surface area contributed by atoms with Crippen LogP contribution in [-0.2, 0) is 0 Å². The lowest BCUT2D eigenvalue weighted by atomic mass is 10.3. The van der Waals surface area contributed by atoms with Gasteiger partial charge in [-0.15, -0.1) is 0 Å². The topological polar surface area (TPSA) is 76.3 Å². The van der Waals surface area contributed by atoms with Gasteiger partial charge in [-0.2, -0.15) is 4.98 Å². The third kappa shape index (κ3) is 4.64. The standard InChI is InChI=1S/C15H23N5OS/c1-4-11-10-22-14(18-11)13(16)12-6-7-17-15(19-12)21-9-5-8-20(2)3/h6-7,10,18H,4-5,8-9,16H2,1-3H3/b14-13+. The highest BCUT2D eigenvalue weighted by Crippen LogP contribution is 2.29. The number of hydrogen-bond acceptors (Lipinski definition) is 7. The lowest BCUT2D eigenvalue weighted by molar-refractivity contribution is 0.263. The van der Waals surface area contributed by atoms with Gasteiger partial charge >= 0.3 is 6.01 Å². The molecule has 1 aromatic heterocycles. The lowest BCUT2D eigenvalue weighted by Crippen LogP contribution is -2.16. The molecule has 0 saturated heterocycles. The predicted octanol–water partition coefficient (Wildman–Crippen LogP) is 1.98. The highest BCUT2D eigenvalue weighted by Gasteiger charge is 2.14. The Hall–Kier alpha value is -1.73. The van der Waals surface area contributed by atoms with E-state index in [9.17, 15) is 0 Å². The highest BCUT2D eigenvalue weighted by atomic mass is 32.2. The Morgan fingerprint density at radius 3 is 2.95 bits per heavy atom. The zero-order valence-corrected chi connectivity index (χ0v) is 14.1. The van der Waals surface area contributed by atoms with Gasteiger partial charge in [0.1, 0.15) is 5.03 Å². The molecular formula is C15H23N5OS. The predicted molar refractivity (Wildman–Crippen MR) is 90.9 cm³/mol. The second-order valence-corrected chi connectivity index (χ2v) is 6.09. The molecule has 0 saturated carbocycles. The van der Waals surface area contributed by atoms with E-state index in [1.807, 2.05) is 14.1 Å². The summed E-state index contributed by atoms with van der Waals surface area (Å²) in [5, 5.41) is 6.28. The SMILES string of the molecule is CCC1=CS/C(=C(/N)c2ccnc(OCCCN(C)C)n2)N1. The van der Waals surface area contributed by atoms with E-state index in [1.165, 1.54) is 0 Å². The van der Waals surface area contributed by atoms with Crippen molar-refractivity contribution >= 4 is 17.5 Å². The van der Waals surface area contributed by atoms with E-state index in [-0.39, 0.29) is 0 Å². The first-order valence-corrected chi connectivity index (χ1v) is 8.21. The molecule has 0 unspecified atom stereocenters. The fraction of sp³-hybridized carbons (Fsp3) is 0.467. The van der Waals surface area contributed by atoms with Crippen molar-refractivity contribution in [2.75, 3.05) is 27.2 Å². The monoisotopic (exact) mass is 321 g/mol. The third-order valence-corrected chi connectivity index (χ3v) is 4.07. The van der Waals surface area contributed by atoms with Crippen molar-refractivity contribution in [2.24, 2.45) is 5.73 Å². The first-order valence-electron chi connectivity index (χ1n) is 7.33. The van der Waals surface area contributed by atoms with Gasteiger partial charge in [0.2, 0.25) is 0 Å². The summed E-state index contributed by atoms with van der Waals surface area (Å²) in [6, 6.07) is 2.16. The Bertz CT molecular complexity index is 571. The van der Waals surface area contributed by atoms with Crippen molar-refractivity contribution in [2.45, 2.75) is 19.8 Å². The number of rotatable bonds is 7. The van der Waals surface area contributed by atoms with E-state index in [4.69, 9.17) is 10.5 Å². The molecule has 6 nitrogen and oxygen atoms in total.